The maximum absolute atomic E-state index is 11.9. The third-order valence-corrected chi connectivity index (χ3v) is 3.71. The molecule has 0 spiro atoms. The van der Waals surface area contributed by atoms with E-state index in [2.05, 4.69) is 10.6 Å². The van der Waals surface area contributed by atoms with Gasteiger partial charge in [-0.3, -0.25) is 24.5 Å². The molecule has 2 N–H and O–H groups in total. The van der Waals surface area contributed by atoms with Gasteiger partial charge in [0.05, 0.1) is 14.2 Å². The number of carbonyl (C=O) groups is 4. The molecule has 3 amide bonds. The van der Waals surface area contributed by atoms with Crippen molar-refractivity contribution in [2.45, 2.75) is 0 Å². The number of ether oxygens (including phenoxy) is 3. The Bertz CT molecular complexity index is 877. The number of rotatable bonds is 8. The van der Waals surface area contributed by atoms with Gasteiger partial charge in [0, 0.05) is 11.1 Å². The molecule has 2 aromatic carbocycles. The van der Waals surface area contributed by atoms with E-state index in [0.29, 0.717) is 17.1 Å². The maximum Gasteiger partial charge on any atom is 0.325 e. The molecule has 9 heteroatoms. The normalized spacial score (nSPS) is 9.86. The minimum atomic E-state index is -0.820. The average Bonchev–Trinajstić information content (AvgIpc) is 2.76. The van der Waals surface area contributed by atoms with Gasteiger partial charge in [-0.2, -0.15) is 0 Å². The molecule has 0 saturated heterocycles. The molecule has 9 nitrogen and oxygen atoms in total. The van der Waals surface area contributed by atoms with Crippen LogP contribution in [0.2, 0.25) is 0 Å². The zero-order valence-electron chi connectivity index (χ0n) is 15.9. The molecule has 2 aromatic rings. The number of nitrogens with one attached hydrogen (secondary N) is 2. The zero-order chi connectivity index (χ0) is 21.2. The molecule has 0 heterocycles. The van der Waals surface area contributed by atoms with Crippen molar-refractivity contribution in [1.29, 1.82) is 0 Å². The number of esters is 1. The third kappa shape index (κ3) is 6.65. The predicted octanol–water partition coefficient (Wildman–Crippen LogP) is 0.933. The standard InChI is InChI=1S/C20H20N2O7/c1-27-15-7-3-13(4-8-15)19(25)21-11-18(24)29-12-17(23)22-20(26)14-5-9-16(28-2)10-6-14/h3-10H,11-12H2,1-2H3,(H,21,25)(H,22,23,26). The highest BCUT2D eigenvalue weighted by Gasteiger charge is 2.14. The molecule has 0 bridgehead atoms. The highest BCUT2D eigenvalue weighted by Crippen LogP contribution is 2.11. The van der Waals surface area contributed by atoms with Gasteiger partial charge in [-0.25, -0.2) is 0 Å². The van der Waals surface area contributed by atoms with Crippen molar-refractivity contribution in [2.75, 3.05) is 27.4 Å². The number of hydrogen-bond acceptors (Lipinski definition) is 7. The molecular weight excluding hydrogens is 380 g/mol. The predicted molar refractivity (Wildman–Crippen MR) is 102 cm³/mol. The van der Waals surface area contributed by atoms with Gasteiger partial charge in [0.2, 0.25) is 0 Å². The van der Waals surface area contributed by atoms with Crippen LogP contribution in [0.25, 0.3) is 0 Å². The van der Waals surface area contributed by atoms with Gasteiger partial charge in [-0.15, -0.1) is 0 Å². The molecule has 0 aromatic heterocycles. The third-order valence-electron chi connectivity index (χ3n) is 3.71. The van der Waals surface area contributed by atoms with Crippen LogP contribution >= 0.6 is 0 Å². The van der Waals surface area contributed by atoms with E-state index in [4.69, 9.17) is 14.2 Å². The van der Waals surface area contributed by atoms with Gasteiger partial charge in [-0.1, -0.05) is 0 Å². The zero-order valence-corrected chi connectivity index (χ0v) is 15.9. The summed E-state index contributed by atoms with van der Waals surface area (Å²) in [6.45, 7) is -1.08. The van der Waals surface area contributed by atoms with E-state index >= 15 is 0 Å². The fraction of sp³-hybridized carbons (Fsp3) is 0.200. The quantitative estimate of drug-likeness (QED) is 0.633. The Morgan fingerprint density at radius 2 is 1.24 bits per heavy atom. The first-order valence-electron chi connectivity index (χ1n) is 8.49. The minimum absolute atomic E-state index is 0.247. The fourth-order valence-electron chi connectivity index (χ4n) is 2.17. The summed E-state index contributed by atoms with van der Waals surface area (Å²) in [5, 5.41) is 4.47. The average molecular weight is 400 g/mol. The van der Waals surface area contributed by atoms with Crippen LogP contribution in [-0.4, -0.2) is 51.1 Å². The van der Waals surface area contributed by atoms with Crippen LogP contribution in [-0.2, 0) is 14.3 Å². The monoisotopic (exact) mass is 400 g/mol. The van der Waals surface area contributed by atoms with Crippen molar-refractivity contribution in [3.63, 3.8) is 0 Å². The first-order valence-corrected chi connectivity index (χ1v) is 8.49. The summed E-state index contributed by atoms with van der Waals surface area (Å²) in [7, 11) is 3.00. The Morgan fingerprint density at radius 1 is 0.759 bits per heavy atom. The lowest BCUT2D eigenvalue weighted by Crippen LogP contribution is -2.36. The van der Waals surface area contributed by atoms with E-state index in [1.165, 1.54) is 38.5 Å². The van der Waals surface area contributed by atoms with E-state index < -0.39 is 36.8 Å². The van der Waals surface area contributed by atoms with Crippen LogP contribution < -0.4 is 20.1 Å². The molecule has 0 radical (unpaired) electrons. The number of methoxy groups -OCH3 is 2. The van der Waals surface area contributed by atoms with Crippen molar-refractivity contribution >= 4 is 23.7 Å². The molecule has 0 atom stereocenters. The topological polar surface area (TPSA) is 120 Å². The van der Waals surface area contributed by atoms with Crippen LogP contribution in [0.1, 0.15) is 20.7 Å². The van der Waals surface area contributed by atoms with Crippen molar-refractivity contribution in [2.24, 2.45) is 0 Å². The summed E-state index contributed by atoms with van der Waals surface area (Å²) in [6.07, 6.45) is 0. The molecule has 0 aliphatic rings. The molecule has 2 rings (SSSR count). The Kier molecular flexibility index (Phi) is 7.72. The SMILES string of the molecule is COc1ccc(C(=O)NCC(=O)OCC(=O)NC(=O)c2ccc(OC)cc2)cc1. The van der Waals surface area contributed by atoms with E-state index in [1.54, 1.807) is 24.3 Å². The second-order valence-electron chi connectivity index (χ2n) is 5.68. The first kappa shape index (κ1) is 21.4. The van der Waals surface area contributed by atoms with Crippen LogP contribution in [0.3, 0.4) is 0 Å². The van der Waals surface area contributed by atoms with Gasteiger partial charge < -0.3 is 19.5 Å². The lowest BCUT2D eigenvalue weighted by atomic mass is 10.2. The smallest absolute Gasteiger partial charge is 0.325 e. The number of hydrogen-bond donors (Lipinski definition) is 2. The molecule has 152 valence electrons. The lowest BCUT2D eigenvalue weighted by molar-refractivity contribution is -0.147. The summed E-state index contributed by atoms with van der Waals surface area (Å²) in [4.78, 5) is 47.3. The summed E-state index contributed by atoms with van der Waals surface area (Å²) in [5.41, 5.74) is 0.582. The Labute approximate surface area is 166 Å². The largest absolute Gasteiger partial charge is 0.497 e. The van der Waals surface area contributed by atoms with Crippen molar-refractivity contribution < 1.29 is 33.4 Å². The first-order chi connectivity index (χ1) is 13.9. The van der Waals surface area contributed by atoms with Gasteiger partial charge in [-0.05, 0) is 48.5 Å². The fourth-order valence-corrected chi connectivity index (χ4v) is 2.17. The number of amides is 3. The molecule has 0 fully saturated rings. The number of benzene rings is 2. The number of carbonyl (C=O) groups excluding carboxylic acids is 4. The van der Waals surface area contributed by atoms with Gasteiger partial charge in [0.25, 0.3) is 17.7 Å². The maximum atomic E-state index is 11.9. The lowest BCUT2D eigenvalue weighted by Gasteiger charge is -2.08. The Morgan fingerprint density at radius 3 is 1.72 bits per heavy atom. The van der Waals surface area contributed by atoms with E-state index in [9.17, 15) is 19.2 Å². The van der Waals surface area contributed by atoms with Crippen LogP contribution in [0.4, 0.5) is 0 Å². The molecule has 0 aliphatic heterocycles. The van der Waals surface area contributed by atoms with Crippen molar-refractivity contribution in [1.82, 2.24) is 10.6 Å². The number of imide groups is 1. The second-order valence-corrected chi connectivity index (χ2v) is 5.68. The summed E-state index contributed by atoms with van der Waals surface area (Å²) in [5.74, 6) is -1.57. The van der Waals surface area contributed by atoms with Gasteiger partial charge in [0.1, 0.15) is 18.0 Å². The van der Waals surface area contributed by atoms with Crippen molar-refractivity contribution in [3.05, 3.63) is 59.7 Å². The summed E-state index contributed by atoms with van der Waals surface area (Å²) < 4.78 is 14.7. The van der Waals surface area contributed by atoms with E-state index in [1.807, 2.05) is 0 Å². The highest BCUT2D eigenvalue weighted by atomic mass is 16.5. The molecule has 0 saturated carbocycles. The summed E-state index contributed by atoms with van der Waals surface area (Å²) in [6, 6.07) is 12.4. The minimum Gasteiger partial charge on any atom is -0.497 e. The summed E-state index contributed by atoms with van der Waals surface area (Å²) >= 11 is 0. The Balaban J connectivity index is 1.72. The highest BCUT2D eigenvalue weighted by molar-refractivity contribution is 6.05. The van der Waals surface area contributed by atoms with Crippen molar-refractivity contribution in [3.8, 4) is 11.5 Å². The molecular formula is C20H20N2O7. The van der Waals surface area contributed by atoms with E-state index in [-0.39, 0.29) is 5.56 Å². The van der Waals surface area contributed by atoms with Crippen LogP contribution in [0, 0.1) is 0 Å². The molecule has 0 aliphatic carbocycles. The molecule has 29 heavy (non-hydrogen) atoms. The van der Waals surface area contributed by atoms with Crippen LogP contribution in [0.5, 0.6) is 11.5 Å². The van der Waals surface area contributed by atoms with E-state index in [0.717, 1.165) is 0 Å². The van der Waals surface area contributed by atoms with Crippen LogP contribution in [0.15, 0.2) is 48.5 Å². The molecule has 0 unspecified atom stereocenters. The van der Waals surface area contributed by atoms with Gasteiger partial charge >= 0.3 is 5.97 Å². The Hall–Kier alpha value is -3.88. The second kappa shape index (κ2) is 10.5. The van der Waals surface area contributed by atoms with Gasteiger partial charge in [0.15, 0.2) is 6.61 Å².